The first kappa shape index (κ1) is 13.3. The van der Waals surface area contributed by atoms with Crippen molar-refractivity contribution in [3.05, 3.63) is 18.1 Å². The highest BCUT2D eigenvalue weighted by Gasteiger charge is 2.21. The summed E-state index contributed by atoms with van der Waals surface area (Å²) in [5.41, 5.74) is -0.0899. The fourth-order valence-electron chi connectivity index (χ4n) is 2.04. The van der Waals surface area contributed by atoms with Gasteiger partial charge in [-0.15, -0.1) is 0 Å². The Hall–Kier alpha value is -2.18. The summed E-state index contributed by atoms with van der Waals surface area (Å²) in [5.74, 6) is -0.417. The van der Waals surface area contributed by atoms with E-state index < -0.39 is 5.97 Å². The zero-order chi connectivity index (χ0) is 13.8. The van der Waals surface area contributed by atoms with Crippen LogP contribution >= 0.6 is 0 Å². The van der Waals surface area contributed by atoms with Gasteiger partial charge in [0.05, 0.1) is 12.4 Å². The monoisotopic (exact) mass is 264 g/mol. The van der Waals surface area contributed by atoms with Crippen LogP contribution in [0.2, 0.25) is 0 Å². The Morgan fingerprint density at radius 2 is 2.32 bits per heavy atom. The Morgan fingerprint density at radius 1 is 1.53 bits per heavy atom. The van der Waals surface area contributed by atoms with Gasteiger partial charge in [-0.2, -0.15) is 0 Å². The number of nitrogens with zero attached hydrogens (tertiary/aromatic N) is 3. The van der Waals surface area contributed by atoms with Crippen molar-refractivity contribution in [2.45, 2.75) is 25.8 Å². The molecule has 1 saturated heterocycles. The van der Waals surface area contributed by atoms with E-state index in [4.69, 9.17) is 5.11 Å². The van der Waals surface area contributed by atoms with Gasteiger partial charge in [0.2, 0.25) is 5.91 Å². The molecule has 0 bridgehead atoms. The summed E-state index contributed by atoms with van der Waals surface area (Å²) in [6, 6.07) is 0.0343. The SMILES string of the molecule is CC(CN1CCCC1=O)Nc1cnc(C(=O)O)cn1. The van der Waals surface area contributed by atoms with E-state index in [9.17, 15) is 9.59 Å². The molecule has 7 heteroatoms. The van der Waals surface area contributed by atoms with Crippen LogP contribution in [0.15, 0.2) is 12.4 Å². The van der Waals surface area contributed by atoms with Crippen LogP contribution in [-0.2, 0) is 4.79 Å². The third kappa shape index (κ3) is 3.40. The van der Waals surface area contributed by atoms with Crippen molar-refractivity contribution < 1.29 is 14.7 Å². The predicted octanol–water partition coefficient (Wildman–Crippen LogP) is 0.598. The van der Waals surface area contributed by atoms with E-state index in [0.29, 0.717) is 18.8 Å². The largest absolute Gasteiger partial charge is 0.476 e. The number of anilines is 1. The number of aromatic carboxylic acids is 1. The van der Waals surface area contributed by atoms with Gasteiger partial charge in [-0.1, -0.05) is 0 Å². The summed E-state index contributed by atoms with van der Waals surface area (Å²) >= 11 is 0. The summed E-state index contributed by atoms with van der Waals surface area (Å²) in [4.78, 5) is 31.7. The molecule has 7 nitrogen and oxygen atoms in total. The number of nitrogens with one attached hydrogen (secondary N) is 1. The standard InChI is InChI=1S/C12H16N4O3/c1-8(7-16-4-2-3-11(16)17)15-10-6-13-9(5-14-10)12(18)19/h5-6,8H,2-4,7H2,1H3,(H,14,15)(H,18,19). The van der Waals surface area contributed by atoms with E-state index in [1.807, 2.05) is 11.8 Å². The van der Waals surface area contributed by atoms with E-state index in [1.165, 1.54) is 12.4 Å². The highest BCUT2D eigenvalue weighted by atomic mass is 16.4. The molecule has 1 fully saturated rings. The third-order valence-electron chi connectivity index (χ3n) is 2.93. The molecule has 102 valence electrons. The lowest BCUT2D eigenvalue weighted by Crippen LogP contribution is -2.35. The maximum absolute atomic E-state index is 11.5. The van der Waals surface area contributed by atoms with Gasteiger partial charge in [0, 0.05) is 25.6 Å². The Labute approximate surface area is 110 Å². The second-order valence-corrected chi connectivity index (χ2v) is 4.58. The molecule has 2 heterocycles. The number of carboxylic acid groups (broad SMARTS) is 1. The summed E-state index contributed by atoms with van der Waals surface area (Å²) in [5, 5.41) is 11.8. The maximum Gasteiger partial charge on any atom is 0.356 e. The van der Waals surface area contributed by atoms with Gasteiger partial charge in [-0.05, 0) is 13.3 Å². The molecule has 0 spiro atoms. The molecule has 1 aliphatic rings. The van der Waals surface area contributed by atoms with Crippen molar-refractivity contribution in [1.82, 2.24) is 14.9 Å². The van der Waals surface area contributed by atoms with Crippen molar-refractivity contribution in [3.8, 4) is 0 Å². The van der Waals surface area contributed by atoms with E-state index in [1.54, 1.807) is 0 Å². The van der Waals surface area contributed by atoms with Gasteiger partial charge < -0.3 is 15.3 Å². The van der Waals surface area contributed by atoms with Gasteiger partial charge in [-0.3, -0.25) is 4.79 Å². The van der Waals surface area contributed by atoms with Crippen LogP contribution in [0.3, 0.4) is 0 Å². The Morgan fingerprint density at radius 3 is 2.84 bits per heavy atom. The first-order valence-electron chi connectivity index (χ1n) is 6.16. The number of hydrogen-bond acceptors (Lipinski definition) is 5. The number of hydrogen-bond donors (Lipinski definition) is 2. The molecule has 0 aliphatic carbocycles. The fourth-order valence-corrected chi connectivity index (χ4v) is 2.04. The zero-order valence-electron chi connectivity index (χ0n) is 10.7. The summed E-state index contributed by atoms with van der Waals surface area (Å²) < 4.78 is 0. The molecule has 1 aromatic rings. The number of aromatic nitrogens is 2. The second kappa shape index (κ2) is 5.64. The van der Waals surface area contributed by atoms with Crippen molar-refractivity contribution >= 4 is 17.7 Å². The second-order valence-electron chi connectivity index (χ2n) is 4.58. The minimum absolute atomic E-state index is 0.0343. The van der Waals surface area contributed by atoms with Gasteiger partial charge in [0.1, 0.15) is 5.82 Å². The lowest BCUT2D eigenvalue weighted by Gasteiger charge is -2.21. The smallest absolute Gasteiger partial charge is 0.356 e. The number of carbonyl (C=O) groups excluding carboxylic acids is 1. The van der Waals surface area contributed by atoms with Crippen LogP contribution in [0.5, 0.6) is 0 Å². The number of carboxylic acids is 1. The molecule has 2 N–H and O–H groups in total. The van der Waals surface area contributed by atoms with Crippen LogP contribution in [-0.4, -0.2) is 51.0 Å². The van der Waals surface area contributed by atoms with Gasteiger partial charge >= 0.3 is 5.97 Å². The lowest BCUT2D eigenvalue weighted by atomic mass is 10.3. The molecule has 0 aromatic carbocycles. The molecule has 2 rings (SSSR count). The van der Waals surface area contributed by atoms with Crippen LogP contribution in [0, 0.1) is 0 Å². The highest BCUT2D eigenvalue weighted by Crippen LogP contribution is 2.11. The predicted molar refractivity (Wildman–Crippen MR) is 67.9 cm³/mol. The van der Waals surface area contributed by atoms with E-state index in [-0.39, 0.29) is 17.6 Å². The van der Waals surface area contributed by atoms with Crippen LogP contribution in [0.1, 0.15) is 30.3 Å². The molecule has 19 heavy (non-hydrogen) atoms. The zero-order valence-corrected chi connectivity index (χ0v) is 10.7. The quantitative estimate of drug-likeness (QED) is 0.808. The van der Waals surface area contributed by atoms with Crippen molar-refractivity contribution in [3.63, 3.8) is 0 Å². The lowest BCUT2D eigenvalue weighted by molar-refractivity contribution is -0.127. The average molecular weight is 264 g/mol. The molecule has 1 aromatic heterocycles. The first-order valence-corrected chi connectivity index (χ1v) is 6.16. The molecule has 1 unspecified atom stereocenters. The minimum atomic E-state index is -1.10. The van der Waals surface area contributed by atoms with Crippen molar-refractivity contribution in [2.75, 3.05) is 18.4 Å². The molecule has 0 saturated carbocycles. The van der Waals surface area contributed by atoms with Gasteiger partial charge in [-0.25, -0.2) is 14.8 Å². The topological polar surface area (TPSA) is 95.4 Å². The molecule has 1 amide bonds. The first-order chi connectivity index (χ1) is 9.06. The normalized spacial score (nSPS) is 16.5. The van der Waals surface area contributed by atoms with Crippen LogP contribution in [0.4, 0.5) is 5.82 Å². The minimum Gasteiger partial charge on any atom is -0.476 e. The van der Waals surface area contributed by atoms with E-state index in [0.717, 1.165) is 13.0 Å². The summed E-state index contributed by atoms with van der Waals surface area (Å²) in [6.45, 7) is 3.36. The molecular weight excluding hydrogens is 248 g/mol. The number of amides is 1. The third-order valence-corrected chi connectivity index (χ3v) is 2.93. The number of likely N-dealkylation sites (tertiary alicyclic amines) is 1. The van der Waals surface area contributed by atoms with Crippen molar-refractivity contribution in [1.29, 1.82) is 0 Å². The van der Waals surface area contributed by atoms with Gasteiger partial charge in [0.25, 0.3) is 0 Å². The Bertz CT molecular complexity index is 474. The fraction of sp³-hybridized carbons (Fsp3) is 0.500. The molecular formula is C12H16N4O3. The number of rotatable bonds is 5. The Kier molecular flexibility index (Phi) is 3.94. The average Bonchev–Trinajstić information content (AvgIpc) is 2.75. The number of carbonyl (C=O) groups is 2. The molecule has 0 radical (unpaired) electrons. The summed E-state index contributed by atoms with van der Waals surface area (Å²) in [6.07, 6.45) is 4.13. The van der Waals surface area contributed by atoms with Crippen molar-refractivity contribution in [2.24, 2.45) is 0 Å². The van der Waals surface area contributed by atoms with E-state index in [2.05, 4.69) is 15.3 Å². The van der Waals surface area contributed by atoms with Gasteiger partial charge in [0.15, 0.2) is 5.69 Å². The van der Waals surface area contributed by atoms with E-state index >= 15 is 0 Å². The molecule has 1 atom stereocenters. The Balaban J connectivity index is 1.89. The molecule has 1 aliphatic heterocycles. The van der Waals surface area contributed by atoms with Crippen LogP contribution in [0.25, 0.3) is 0 Å². The highest BCUT2D eigenvalue weighted by molar-refractivity contribution is 5.84. The summed E-state index contributed by atoms with van der Waals surface area (Å²) in [7, 11) is 0. The van der Waals surface area contributed by atoms with Crippen LogP contribution < -0.4 is 5.32 Å². The maximum atomic E-state index is 11.5.